The lowest BCUT2D eigenvalue weighted by Gasteiger charge is -2.23. The molecule has 3 nitrogen and oxygen atoms in total. The maximum atomic E-state index is 10.8. The largest absolute Gasteiger partial charge is 0.480 e. The van der Waals surface area contributed by atoms with Crippen molar-refractivity contribution < 1.29 is 9.90 Å². The standard InChI is InChI=1S/C13H16ClNO2/c1-10(2)7-8-15(9-13(16)17)12-5-3-11(14)4-6-12/h3-6H,1,7-9H2,2H3,(H,16,17). The number of anilines is 1. The maximum absolute atomic E-state index is 10.8. The molecule has 1 aromatic carbocycles. The lowest BCUT2D eigenvalue weighted by Crippen LogP contribution is -2.30. The Bertz CT molecular complexity index is 400. The lowest BCUT2D eigenvalue weighted by atomic mass is 10.2. The average molecular weight is 254 g/mol. The van der Waals surface area contributed by atoms with Gasteiger partial charge in [0.25, 0.3) is 0 Å². The molecule has 0 bridgehead atoms. The molecule has 1 aromatic rings. The van der Waals surface area contributed by atoms with Crippen molar-refractivity contribution in [1.29, 1.82) is 0 Å². The molecule has 0 aliphatic heterocycles. The monoisotopic (exact) mass is 253 g/mol. The van der Waals surface area contributed by atoms with Gasteiger partial charge in [-0.2, -0.15) is 0 Å². The van der Waals surface area contributed by atoms with E-state index in [0.29, 0.717) is 11.6 Å². The molecule has 0 unspecified atom stereocenters. The quantitative estimate of drug-likeness (QED) is 0.792. The fourth-order valence-electron chi connectivity index (χ4n) is 1.44. The predicted molar refractivity (Wildman–Crippen MR) is 70.7 cm³/mol. The van der Waals surface area contributed by atoms with Gasteiger partial charge in [-0.1, -0.05) is 17.2 Å². The minimum Gasteiger partial charge on any atom is -0.480 e. The van der Waals surface area contributed by atoms with Gasteiger partial charge in [-0.25, -0.2) is 0 Å². The number of carboxylic acids is 1. The molecule has 4 heteroatoms. The maximum Gasteiger partial charge on any atom is 0.323 e. The highest BCUT2D eigenvalue weighted by atomic mass is 35.5. The smallest absolute Gasteiger partial charge is 0.323 e. The third-order valence-electron chi connectivity index (χ3n) is 2.33. The number of aliphatic carboxylic acids is 1. The Kier molecular flexibility index (Phi) is 5.04. The second kappa shape index (κ2) is 6.30. The van der Waals surface area contributed by atoms with E-state index in [2.05, 4.69) is 6.58 Å². The van der Waals surface area contributed by atoms with Crippen LogP contribution in [0.5, 0.6) is 0 Å². The number of carboxylic acid groups (broad SMARTS) is 1. The molecule has 0 radical (unpaired) electrons. The van der Waals surface area contributed by atoms with Gasteiger partial charge in [0.15, 0.2) is 0 Å². The molecule has 92 valence electrons. The Hall–Kier alpha value is -1.48. The Balaban J connectivity index is 2.77. The molecular formula is C13H16ClNO2. The normalized spacial score (nSPS) is 10.0. The van der Waals surface area contributed by atoms with E-state index in [1.807, 2.05) is 19.1 Å². The van der Waals surface area contributed by atoms with Crippen molar-refractivity contribution in [3.05, 3.63) is 41.4 Å². The number of halogens is 1. The summed E-state index contributed by atoms with van der Waals surface area (Å²) in [5, 5.41) is 9.52. The van der Waals surface area contributed by atoms with Crippen molar-refractivity contribution in [3.8, 4) is 0 Å². The molecule has 0 amide bonds. The zero-order chi connectivity index (χ0) is 12.8. The Morgan fingerprint density at radius 2 is 2.00 bits per heavy atom. The summed E-state index contributed by atoms with van der Waals surface area (Å²) in [4.78, 5) is 12.6. The highest BCUT2D eigenvalue weighted by molar-refractivity contribution is 6.30. The summed E-state index contributed by atoms with van der Waals surface area (Å²) in [6, 6.07) is 7.16. The van der Waals surface area contributed by atoms with Gasteiger partial charge in [0.05, 0.1) is 0 Å². The summed E-state index contributed by atoms with van der Waals surface area (Å²) in [6.07, 6.45) is 0.774. The Labute approximate surface area is 106 Å². The van der Waals surface area contributed by atoms with E-state index in [9.17, 15) is 4.79 Å². The van der Waals surface area contributed by atoms with Crippen LogP contribution in [0.4, 0.5) is 5.69 Å². The van der Waals surface area contributed by atoms with Crippen LogP contribution in [0.1, 0.15) is 13.3 Å². The fraction of sp³-hybridized carbons (Fsp3) is 0.308. The van der Waals surface area contributed by atoms with Crippen LogP contribution < -0.4 is 4.90 Å². The zero-order valence-electron chi connectivity index (χ0n) is 9.82. The van der Waals surface area contributed by atoms with Gasteiger partial charge in [-0.05, 0) is 37.6 Å². The first-order chi connectivity index (χ1) is 7.99. The van der Waals surface area contributed by atoms with Gasteiger partial charge in [-0.3, -0.25) is 4.79 Å². The van der Waals surface area contributed by atoms with E-state index in [1.165, 1.54) is 0 Å². The van der Waals surface area contributed by atoms with Gasteiger partial charge in [0.1, 0.15) is 6.54 Å². The Morgan fingerprint density at radius 1 is 1.41 bits per heavy atom. The van der Waals surface area contributed by atoms with E-state index < -0.39 is 5.97 Å². The van der Waals surface area contributed by atoms with Crippen LogP contribution in [0.15, 0.2) is 36.4 Å². The van der Waals surface area contributed by atoms with Gasteiger partial charge in [0, 0.05) is 17.3 Å². The van der Waals surface area contributed by atoms with Gasteiger partial charge < -0.3 is 10.0 Å². The topological polar surface area (TPSA) is 40.5 Å². The van der Waals surface area contributed by atoms with Crippen molar-refractivity contribution in [1.82, 2.24) is 0 Å². The van der Waals surface area contributed by atoms with Crippen LogP contribution in [-0.4, -0.2) is 24.2 Å². The van der Waals surface area contributed by atoms with Crippen LogP contribution in [0, 0.1) is 0 Å². The van der Waals surface area contributed by atoms with Crippen LogP contribution in [0.2, 0.25) is 5.02 Å². The summed E-state index contributed by atoms with van der Waals surface area (Å²) in [7, 11) is 0. The van der Waals surface area contributed by atoms with Gasteiger partial charge >= 0.3 is 5.97 Å². The second-order valence-corrected chi connectivity index (χ2v) is 4.44. The minimum atomic E-state index is -0.846. The van der Waals surface area contributed by atoms with E-state index in [1.54, 1.807) is 17.0 Å². The average Bonchev–Trinajstić information content (AvgIpc) is 2.25. The van der Waals surface area contributed by atoms with Gasteiger partial charge in [-0.15, -0.1) is 6.58 Å². The molecule has 0 heterocycles. The molecule has 0 atom stereocenters. The molecule has 1 rings (SSSR count). The van der Waals surface area contributed by atoms with Crippen molar-refractivity contribution in [2.45, 2.75) is 13.3 Å². The van der Waals surface area contributed by atoms with Crippen LogP contribution in [0.25, 0.3) is 0 Å². The highest BCUT2D eigenvalue weighted by Crippen LogP contribution is 2.18. The van der Waals surface area contributed by atoms with Crippen molar-refractivity contribution in [3.63, 3.8) is 0 Å². The number of carbonyl (C=O) groups is 1. The van der Waals surface area contributed by atoms with E-state index in [0.717, 1.165) is 17.7 Å². The third-order valence-corrected chi connectivity index (χ3v) is 2.58. The fourth-order valence-corrected chi connectivity index (χ4v) is 1.57. The summed E-state index contributed by atoms with van der Waals surface area (Å²) in [5.41, 5.74) is 1.90. The van der Waals surface area contributed by atoms with Crippen molar-refractivity contribution >= 4 is 23.3 Å². The summed E-state index contributed by atoms with van der Waals surface area (Å²) in [6.45, 7) is 6.37. The van der Waals surface area contributed by atoms with E-state index in [-0.39, 0.29) is 6.54 Å². The summed E-state index contributed by atoms with van der Waals surface area (Å²) < 4.78 is 0. The number of benzene rings is 1. The first kappa shape index (κ1) is 13.6. The second-order valence-electron chi connectivity index (χ2n) is 4.00. The van der Waals surface area contributed by atoms with Gasteiger partial charge in [0.2, 0.25) is 0 Å². The Morgan fingerprint density at radius 3 is 2.47 bits per heavy atom. The first-order valence-corrected chi connectivity index (χ1v) is 5.73. The highest BCUT2D eigenvalue weighted by Gasteiger charge is 2.10. The zero-order valence-corrected chi connectivity index (χ0v) is 10.6. The van der Waals surface area contributed by atoms with Crippen LogP contribution in [0.3, 0.4) is 0 Å². The van der Waals surface area contributed by atoms with Crippen LogP contribution >= 0.6 is 11.6 Å². The molecule has 0 aromatic heterocycles. The molecule has 0 fully saturated rings. The molecule has 0 aliphatic rings. The first-order valence-electron chi connectivity index (χ1n) is 5.35. The predicted octanol–water partition coefficient (Wildman–Crippen LogP) is 3.20. The molecule has 0 saturated heterocycles. The van der Waals surface area contributed by atoms with E-state index >= 15 is 0 Å². The molecule has 1 N–H and O–H groups in total. The van der Waals surface area contributed by atoms with Crippen LogP contribution in [-0.2, 0) is 4.79 Å². The SMILES string of the molecule is C=C(C)CCN(CC(=O)O)c1ccc(Cl)cc1. The molecule has 0 saturated carbocycles. The molecule has 0 spiro atoms. The number of hydrogen-bond donors (Lipinski definition) is 1. The third kappa shape index (κ3) is 4.91. The number of rotatable bonds is 6. The van der Waals surface area contributed by atoms with Crippen molar-refractivity contribution in [2.75, 3.05) is 18.0 Å². The summed E-state index contributed by atoms with van der Waals surface area (Å²) >= 11 is 5.80. The number of nitrogens with zero attached hydrogens (tertiary/aromatic N) is 1. The minimum absolute atomic E-state index is 0.0189. The lowest BCUT2D eigenvalue weighted by molar-refractivity contribution is -0.135. The molecular weight excluding hydrogens is 238 g/mol. The summed E-state index contributed by atoms with van der Waals surface area (Å²) in [5.74, 6) is -0.846. The van der Waals surface area contributed by atoms with Crippen molar-refractivity contribution in [2.24, 2.45) is 0 Å². The van der Waals surface area contributed by atoms with E-state index in [4.69, 9.17) is 16.7 Å². The molecule has 0 aliphatic carbocycles. The number of hydrogen-bond acceptors (Lipinski definition) is 2. The molecule has 17 heavy (non-hydrogen) atoms.